The highest BCUT2D eigenvalue weighted by molar-refractivity contribution is 6.30. The third-order valence-corrected chi connectivity index (χ3v) is 4.35. The van der Waals surface area contributed by atoms with Gasteiger partial charge in [-0.1, -0.05) is 61.0 Å². The summed E-state index contributed by atoms with van der Waals surface area (Å²) in [6, 6.07) is 16.8. The lowest BCUT2D eigenvalue weighted by Crippen LogP contribution is -2.45. The van der Waals surface area contributed by atoms with Crippen LogP contribution in [0.2, 0.25) is 5.02 Å². The molecule has 2 rings (SSSR count). The highest BCUT2D eigenvalue weighted by atomic mass is 35.5. The van der Waals surface area contributed by atoms with Crippen molar-refractivity contribution in [3.63, 3.8) is 0 Å². The predicted molar refractivity (Wildman–Crippen MR) is 102 cm³/mol. The number of amides is 1. The first-order chi connectivity index (χ1) is 10.8. The van der Waals surface area contributed by atoms with E-state index in [1.807, 2.05) is 75.4 Å². The van der Waals surface area contributed by atoms with E-state index in [-0.39, 0.29) is 30.3 Å². The second-order valence-corrected chi connectivity index (χ2v) is 6.79. The van der Waals surface area contributed by atoms with Crippen LogP contribution in [0.1, 0.15) is 37.9 Å². The maximum atomic E-state index is 12.6. The van der Waals surface area contributed by atoms with E-state index in [9.17, 15) is 4.79 Å². The van der Waals surface area contributed by atoms with Gasteiger partial charge in [-0.25, -0.2) is 0 Å². The summed E-state index contributed by atoms with van der Waals surface area (Å²) in [5, 5.41) is 3.72. The van der Waals surface area contributed by atoms with Gasteiger partial charge in [0.15, 0.2) is 0 Å². The first-order valence-corrected chi connectivity index (χ1v) is 8.07. The van der Waals surface area contributed by atoms with Gasteiger partial charge in [-0.3, -0.25) is 4.79 Å². The molecule has 1 amide bonds. The molecule has 0 saturated carbocycles. The summed E-state index contributed by atoms with van der Waals surface area (Å²) in [5.41, 5.74) is 7.63. The fourth-order valence-electron chi connectivity index (χ4n) is 2.50. The summed E-state index contributed by atoms with van der Waals surface area (Å²) in [4.78, 5) is 12.6. The molecule has 0 aliphatic heterocycles. The Morgan fingerprint density at radius 1 is 1.12 bits per heavy atom. The monoisotopic (exact) mass is 366 g/mol. The Kier molecular flexibility index (Phi) is 7.27. The Bertz CT molecular complexity index is 674. The third-order valence-electron chi connectivity index (χ3n) is 4.12. The first-order valence-electron chi connectivity index (χ1n) is 7.70. The minimum atomic E-state index is -0.521. The molecule has 0 aliphatic rings. The van der Waals surface area contributed by atoms with Gasteiger partial charge in [0.2, 0.25) is 5.91 Å². The zero-order valence-electron chi connectivity index (χ0n) is 14.1. The van der Waals surface area contributed by atoms with Crippen LogP contribution in [0.15, 0.2) is 54.6 Å². The number of hydrogen-bond acceptors (Lipinski definition) is 2. The Morgan fingerprint density at radius 2 is 1.75 bits per heavy atom. The van der Waals surface area contributed by atoms with Crippen LogP contribution in [0.4, 0.5) is 0 Å². The molecule has 24 heavy (non-hydrogen) atoms. The van der Waals surface area contributed by atoms with Gasteiger partial charge in [0.05, 0.1) is 11.5 Å². The molecule has 0 fully saturated rings. The van der Waals surface area contributed by atoms with Gasteiger partial charge in [-0.15, -0.1) is 12.4 Å². The van der Waals surface area contributed by atoms with Crippen molar-refractivity contribution < 1.29 is 4.79 Å². The van der Waals surface area contributed by atoms with Gasteiger partial charge in [0.25, 0.3) is 0 Å². The highest BCUT2D eigenvalue weighted by Crippen LogP contribution is 2.25. The van der Waals surface area contributed by atoms with Gasteiger partial charge >= 0.3 is 0 Å². The van der Waals surface area contributed by atoms with Crippen LogP contribution in [-0.4, -0.2) is 5.91 Å². The Hall–Kier alpha value is -1.55. The van der Waals surface area contributed by atoms with E-state index in [4.69, 9.17) is 17.3 Å². The summed E-state index contributed by atoms with van der Waals surface area (Å²) in [7, 11) is 0. The van der Waals surface area contributed by atoms with Crippen molar-refractivity contribution in [1.29, 1.82) is 0 Å². The topological polar surface area (TPSA) is 55.1 Å². The molecule has 3 nitrogen and oxygen atoms in total. The number of hydrogen-bond donors (Lipinski definition) is 2. The molecule has 2 unspecified atom stereocenters. The molecule has 0 aromatic heterocycles. The third kappa shape index (κ3) is 4.97. The fourth-order valence-corrected chi connectivity index (χ4v) is 2.69. The molecule has 0 radical (unpaired) electrons. The highest BCUT2D eigenvalue weighted by Gasteiger charge is 2.28. The molecule has 0 spiro atoms. The van der Waals surface area contributed by atoms with E-state index in [0.29, 0.717) is 5.02 Å². The average molecular weight is 367 g/mol. The van der Waals surface area contributed by atoms with E-state index >= 15 is 0 Å². The van der Waals surface area contributed by atoms with Crippen LogP contribution in [-0.2, 0) is 10.3 Å². The molecule has 0 bridgehead atoms. The van der Waals surface area contributed by atoms with Gasteiger partial charge in [0, 0.05) is 11.1 Å². The first kappa shape index (κ1) is 20.5. The molecule has 5 heteroatoms. The molecule has 3 N–H and O–H groups in total. The van der Waals surface area contributed by atoms with Crippen molar-refractivity contribution in [1.82, 2.24) is 5.32 Å². The summed E-state index contributed by atoms with van der Waals surface area (Å²) >= 11 is 6.05. The second-order valence-electron chi connectivity index (χ2n) is 6.35. The SMILES string of the molecule is CC(C(=O)NC(C)(C)c1cccc(Cl)c1)C(N)c1ccccc1.Cl. The van der Waals surface area contributed by atoms with E-state index in [2.05, 4.69) is 5.32 Å². The Balaban J connectivity index is 0.00000288. The molecule has 130 valence electrons. The largest absolute Gasteiger partial charge is 0.347 e. The van der Waals surface area contributed by atoms with Crippen LogP contribution in [0.5, 0.6) is 0 Å². The van der Waals surface area contributed by atoms with Crippen LogP contribution in [0, 0.1) is 5.92 Å². The summed E-state index contributed by atoms with van der Waals surface area (Å²) in [5.74, 6) is -0.415. The molecule has 0 heterocycles. The van der Waals surface area contributed by atoms with Crippen LogP contribution in [0.3, 0.4) is 0 Å². The average Bonchev–Trinajstić information content (AvgIpc) is 2.54. The van der Waals surface area contributed by atoms with E-state index in [1.165, 1.54) is 0 Å². The maximum Gasteiger partial charge on any atom is 0.225 e. The molecule has 2 aromatic carbocycles. The van der Waals surface area contributed by atoms with Crippen molar-refractivity contribution in [3.8, 4) is 0 Å². The molecule has 2 aromatic rings. The molecule has 2 atom stereocenters. The lowest BCUT2D eigenvalue weighted by atomic mass is 9.90. The maximum absolute atomic E-state index is 12.6. The van der Waals surface area contributed by atoms with Crippen LogP contribution < -0.4 is 11.1 Å². The number of carbonyl (C=O) groups is 1. The second kappa shape index (κ2) is 8.52. The summed E-state index contributed by atoms with van der Waals surface area (Å²) < 4.78 is 0. The quantitative estimate of drug-likeness (QED) is 0.820. The minimum Gasteiger partial charge on any atom is -0.347 e. The number of benzene rings is 2. The molecule has 0 aliphatic carbocycles. The Labute approximate surface area is 155 Å². The number of nitrogens with one attached hydrogen (secondary N) is 1. The summed E-state index contributed by atoms with van der Waals surface area (Å²) in [6.45, 7) is 5.76. The van der Waals surface area contributed by atoms with Crippen molar-refractivity contribution >= 4 is 29.9 Å². The van der Waals surface area contributed by atoms with Crippen LogP contribution >= 0.6 is 24.0 Å². The Morgan fingerprint density at radius 3 is 2.33 bits per heavy atom. The zero-order chi connectivity index (χ0) is 17.0. The van der Waals surface area contributed by atoms with Crippen LogP contribution in [0.25, 0.3) is 0 Å². The van der Waals surface area contributed by atoms with Crippen molar-refractivity contribution in [3.05, 3.63) is 70.7 Å². The lowest BCUT2D eigenvalue weighted by Gasteiger charge is -2.30. The zero-order valence-corrected chi connectivity index (χ0v) is 15.7. The lowest BCUT2D eigenvalue weighted by molar-refractivity contribution is -0.126. The van der Waals surface area contributed by atoms with Crippen molar-refractivity contribution in [2.24, 2.45) is 11.7 Å². The number of rotatable bonds is 5. The fraction of sp³-hybridized carbons (Fsp3) is 0.316. The number of halogens is 2. The molecule has 0 saturated heterocycles. The predicted octanol–water partition coefficient (Wildman–Crippen LogP) is 4.45. The number of nitrogens with two attached hydrogens (primary N) is 1. The van der Waals surface area contributed by atoms with Crippen molar-refractivity contribution in [2.45, 2.75) is 32.4 Å². The number of carbonyl (C=O) groups excluding carboxylic acids is 1. The standard InChI is InChI=1S/C19H23ClN2O.ClH/c1-13(17(21)14-8-5-4-6-9-14)18(23)22-19(2,3)15-10-7-11-16(20)12-15;/h4-13,17H,21H2,1-3H3,(H,22,23);1H. The van der Waals surface area contributed by atoms with Gasteiger partial charge in [-0.2, -0.15) is 0 Å². The van der Waals surface area contributed by atoms with Crippen molar-refractivity contribution in [2.75, 3.05) is 0 Å². The summed E-state index contributed by atoms with van der Waals surface area (Å²) in [6.07, 6.45) is 0. The normalized spacial score (nSPS) is 13.5. The van der Waals surface area contributed by atoms with Gasteiger partial charge < -0.3 is 11.1 Å². The molecular weight excluding hydrogens is 343 g/mol. The van der Waals surface area contributed by atoms with Gasteiger partial charge in [0.1, 0.15) is 0 Å². The molecular formula is C19H24Cl2N2O. The van der Waals surface area contributed by atoms with E-state index in [0.717, 1.165) is 11.1 Å². The smallest absolute Gasteiger partial charge is 0.225 e. The van der Waals surface area contributed by atoms with E-state index in [1.54, 1.807) is 0 Å². The van der Waals surface area contributed by atoms with E-state index < -0.39 is 5.54 Å². The minimum absolute atomic E-state index is 0. The van der Waals surface area contributed by atoms with Gasteiger partial charge in [-0.05, 0) is 37.1 Å².